The maximum Gasteiger partial charge on any atom is 0.233 e. The average Bonchev–Trinajstić information content (AvgIpc) is 3.06. The predicted molar refractivity (Wildman–Crippen MR) is 103 cm³/mol. The van der Waals surface area contributed by atoms with Crippen LogP contribution in [0.2, 0.25) is 0 Å². The molecule has 3 aromatic rings. The third-order valence-corrected chi connectivity index (χ3v) is 6.40. The molecule has 1 saturated carbocycles. The van der Waals surface area contributed by atoms with Gasteiger partial charge in [0, 0.05) is 43.9 Å². The van der Waals surface area contributed by atoms with E-state index in [1.807, 2.05) is 18.5 Å². The van der Waals surface area contributed by atoms with E-state index >= 15 is 0 Å². The summed E-state index contributed by atoms with van der Waals surface area (Å²) in [4.78, 5) is 16.1. The van der Waals surface area contributed by atoms with E-state index in [2.05, 4.69) is 53.5 Å². The van der Waals surface area contributed by atoms with Crippen LogP contribution in [0, 0.1) is 5.41 Å². The number of nitrogens with one attached hydrogen (secondary N) is 1. The van der Waals surface area contributed by atoms with Crippen LogP contribution >= 0.6 is 0 Å². The molecule has 0 bridgehead atoms. The second kappa shape index (κ2) is 6.73. The number of imidazole rings is 2. The molecule has 4 heterocycles. The van der Waals surface area contributed by atoms with Crippen LogP contribution in [0.3, 0.4) is 0 Å². The lowest BCUT2D eigenvalue weighted by molar-refractivity contribution is 0.180. The molecule has 7 heteroatoms. The first-order valence-corrected chi connectivity index (χ1v) is 10.0. The highest BCUT2D eigenvalue weighted by Gasteiger charge is 2.56. The van der Waals surface area contributed by atoms with Gasteiger partial charge in [0.15, 0.2) is 0 Å². The molecule has 2 fully saturated rings. The Labute approximate surface area is 159 Å². The highest BCUT2D eigenvalue weighted by molar-refractivity contribution is 5.30. The summed E-state index contributed by atoms with van der Waals surface area (Å²) in [5.41, 5.74) is 1.69. The van der Waals surface area contributed by atoms with Gasteiger partial charge in [-0.25, -0.2) is 15.0 Å². The molecule has 27 heavy (non-hydrogen) atoms. The Bertz CT molecular complexity index is 921. The summed E-state index contributed by atoms with van der Waals surface area (Å²) in [6.45, 7) is 7.19. The van der Waals surface area contributed by atoms with Gasteiger partial charge in [-0.05, 0) is 50.8 Å². The zero-order valence-electron chi connectivity index (χ0n) is 15.9. The minimum Gasteiger partial charge on any atom is -0.334 e. The van der Waals surface area contributed by atoms with Crippen molar-refractivity contribution in [3.8, 4) is 0 Å². The number of hydrogen-bond acceptors (Lipinski definition) is 5. The average molecular weight is 365 g/mol. The molecule has 1 spiro atoms. The lowest BCUT2D eigenvalue weighted by Crippen LogP contribution is -2.36. The van der Waals surface area contributed by atoms with E-state index in [1.165, 1.54) is 25.0 Å². The third kappa shape index (κ3) is 3.04. The molecule has 7 nitrogen and oxygen atoms in total. The molecule has 1 atom stereocenters. The molecule has 2 aliphatic rings. The van der Waals surface area contributed by atoms with Gasteiger partial charge < -0.3 is 9.88 Å². The molecule has 3 aromatic heterocycles. The molecule has 1 N–H and O–H groups in total. The first-order chi connectivity index (χ1) is 13.3. The van der Waals surface area contributed by atoms with E-state index in [0.29, 0.717) is 11.5 Å². The zero-order chi connectivity index (χ0) is 18.3. The lowest BCUT2D eigenvalue weighted by atomic mass is 9.93. The van der Waals surface area contributed by atoms with Gasteiger partial charge in [-0.15, -0.1) is 0 Å². The smallest absolute Gasteiger partial charge is 0.233 e. The summed E-state index contributed by atoms with van der Waals surface area (Å²) in [5, 5.41) is 3.52. The zero-order valence-corrected chi connectivity index (χ0v) is 15.9. The Morgan fingerprint density at radius 1 is 1.15 bits per heavy atom. The maximum atomic E-state index is 4.64. The van der Waals surface area contributed by atoms with E-state index in [1.54, 1.807) is 6.20 Å². The lowest BCUT2D eigenvalue weighted by Gasteiger charge is -2.29. The Kier molecular flexibility index (Phi) is 4.21. The monoisotopic (exact) mass is 365 g/mol. The Hall–Kier alpha value is -2.25. The van der Waals surface area contributed by atoms with Crippen LogP contribution in [0.25, 0.3) is 5.78 Å². The van der Waals surface area contributed by atoms with E-state index < -0.39 is 0 Å². The summed E-state index contributed by atoms with van der Waals surface area (Å²) >= 11 is 0. The highest BCUT2D eigenvalue weighted by Crippen LogP contribution is 2.56. The molecule has 1 aliphatic heterocycles. The predicted octanol–water partition coefficient (Wildman–Crippen LogP) is 2.09. The number of fused-ring (bicyclic) bond motifs is 1. The quantitative estimate of drug-likeness (QED) is 0.725. The molecular formula is C20H27N7. The van der Waals surface area contributed by atoms with Crippen molar-refractivity contribution in [1.29, 1.82) is 0 Å². The van der Waals surface area contributed by atoms with E-state index in [4.69, 9.17) is 0 Å². The van der Waals surface area contributed by atoms with Crippen molar-refractivity contribution in [2.45, 2.75) is 51.9 Å². The number of hydrogen-bond donors (Lipinski definition) is 1. The fourth-order valence-electron chi connectivity index (χ4n) is 4.74. The molecule has 5 rings (SSSR count). The molecule has 142 valence electrons. The summed E-state index contributed by atoms with van der Waals surface area (Å²) in [6.07, 6.45) is 13.7. The van der Waals surface area contributed by atoms with E-state index in [-0.39, 0.29) is 0 Å². The van der Waals surface area contributed by atoms with Gasteiger partial charge in [0.2, 0.25) is 5.78 Å². The van der Waals surface area contributed by atoms with Gasteiger partial charge in [-0.3, -0.25) is 9.30 Å². The van der Waals surface area contributed by atoms with Crippen molar-refractivity contribution in [2.24, 2.45) is 5.41 Å². The van der Waals surface area contributed by atoms with E-state index in [9.17, 15) is 0 Å². The molecule has 0 aromatic carbocycles. The van der Waals surface area contributed by atoms with Gasteiger partial charge in [0.05, 0.1) is 18.4 Å². The number of piperidine rings is 1. The van der Waals surface area contributed by atoms with Crippen LogP contribution in [-0.2, 0) is 19.6 Å². The van der Waals surface area contributed by atoms with Gasteiger partial charge >= 0.3 is 0 Å². The van der Waals surface area contributed by atoms with Crippen molar-refractivity contribution in [1.82, 2.24) is 34.1 Å². The van der Waals surface area contributed by atoms with Crippen molar-refractivity contribution >= 4 is 5.78 Å². The van der Waals surface area contributed by atoms with Crippen LogP contribution in [-0.4, -0.2) is 48.0 Å². The molecule has 0 amide bonds. The van der Waals surface area contributed by atoms with Crippen LogP contribution in [0.15, 0.2) is 37.1 Å². The SMILES string of the molecule is CCn1ccnc1CN(Cc1cnc2ncccn12)[C@@H]1CC12CCNCC2. The summed E-state index contributed by atoms with van der Waals surface area (Å²) in [7, 11) is 0. The fraction of sp³-hybridized carbons (Fsp3) is 0.550. The molecular weight excluding hydrogens is 338 g/mol. The Morgan fingerprint density at radius 3 is 2.89 bits per heavy atom. The van der Waals surface area contributed by atoms with Gasteiger partial charge in [0.1, 0.15) is 5.82 Å². The molecule has 0 radical (unpaired) electrons. The molecule has 0 unspecified atom stereocenters. The van der Waals surface area contributed by atoms with Crippen LogP contribution in [0.4, 0.5) is 0 Å². The van der Waals surface area contributed by atoms with Gasteiger partial charge in [-0.2, -0.15) is 0 Å². The second-order valence-electron chi connectivity index (χ2n) is 7.91. The fourth-order valence-corrected chi connectivity index (χ4v) is 4.74. The first-order valence-electron chi connectivity index (χ1n) is 10.0. The third-order valence-electron chi connectivity index (χ3n) is 6.40. The minimum absolute atomic E-state index is 0.494. The van der Waals surface area contributed by atoms with Crippen LogP contribution in [0.1, 0.15) is 37.7 Å². The van der Waals surface area contributed by atoms with E-state index in [0.717, 1.165) is 44.3 Å². The summed E-state index contributed by atoms with van der Waals surface area (Å²) in [6, 6.07) is 2.60. The van der Waals surface area contributed by atoms with Crippen molar-refractivity contribution < 1.29 is 0 Å². The normalized spacial score (nSPS) is 21.3. The van der Waals surface area contributed by atoms with Crippen LogP contribution < -0.4 is 5.32 Å². The van der Waals surface area contributed by atoms with Crippen LogP contribution in [0.5, 0.6) is 0 Å². The van der Waals surface area contributed by atoms with Crippen molar-refractivity contribution in [2.75, 3.05) is 13.1 Å². The molecule has 1 aliphatic carbocycles. The first kappa shape index (κ1) is 16.9. The number of aromatic nitrogens is 5. The maximum absolute atomic E-state index is 4.64. The number of aryl methyl sites for hydroxylation is 1. The second-order valence-corrected chi connectivity index (χ2v) is 7.91. The minimum atomic E-state index is 0.494. The number of rotatable bonds is 6. The number of nitrogens with zero attached hydrogens (tertiary/aromatic N) is 6. The summed E-state index contributed by atoms with van der Waals surface area (Å²) < 4.78 is 4.36. The topological polar surface area (TPSA) is 63.3 Å². The standard InChI is InChI=1S/C20H27N7/c1-2-25-11-9-22-18(25)15-26(17-12-20(17)4-7-21-8-5-20)14-16-13-24-19-23-6-3-10-27(16)19/h3,6,9-11,13,17,21H,2,4-5,7-8,12,14-15H2,1H3/t17-/m1/s1. The van der Waals surface area contributed by atoms with Gasteiger partial charge in [-0.1, -0.05) is 0 Å². The summed E-state index contributed by atoms with van der Waals surface area (Å²) in [5.74, 6) is 1.93. The van der Waals surface area contributed by atoms with Gasteiger partial charge in [0.25, 0.3) is 0 Å². The Morgan fingerprint density at radius 2 is 2.04 bits per heavy atom. The van der Waals surface area contributed by atoms with Crippen molar-refractivity contribution in [3.63, 3.8) is 0 Å². The molecule has 1 saturated heterocycles. The van der Waals surface area contributed by atoms with Crippen molar-refractivity contribution in [3.05, 3.63) is 48.6 Å². The highest BCUT2D eigenvalue weighted by atomic mass is 15.3. The largest absolute Gasteiger partial charge is 0.334 e. The Balaban J connectivity index is 1.43.